The van der Waals surface area contributed by atoms with E-state index in [-0.39, 0.29) is 17.7 Å². The molecule has 6 rings (SSSR count). The third-order valence-corrected chi connectivity index (χ3v) is 8.56. The normalized spacial score (nSPS) is 16.0. The summed E-state index contributed by atoms with van der Waals surface area (Å²) in [5, 5.41) is 11.5. The molecule has 3 N–H and O–H groups in total. The summed E-state index contributed by atoms with van der Waals surface area (Å²) in [6, 6.07) is 11.8. The first-order valence-corrected chi connectivity index (χ1v) is 13.3. The average molecular weight is 489 g/mol. The topological polar surface area (TPSA) is 121 Å². The molecule has 0 saturated carbocycles. The maximum Gasteiger partial charge on any atom is 0.269 e. The van der Waals surface area contributed by atoms with Gasteiger partial charge in [-0.05, 0) is 48.1 Å². The lowest BCUT2D eigenvalue weighted by Crippen LogP contribution is -2.20. The number of anilines is 1. The van der Waals surface area contributed by atoms with Crippen LogP contribution >= 0.6 is 0 Å². The monoisotopic (exact) mass is 488 g/mol. The van der Waals surface area contributed by atoms with Gasteiger partial charge in [0.15, 0.2) is 9.84 Å². The van der Waals surface area contributed by atoms with E-state index in [0.717, 1.165) is 45.5 Å². The van der Waals surface area contributed by atoms with Crippen molar-refractivity contribution in [3.63, 3.8) is 0 Å². The molecule has 0 aliphatic carbocycles. The van der Waals surface area contributed by atoms with Crippen molar-refractivity contribution in [3.05, 3.63) is 66.4 Å². The Hall–Kier alpha value is -3.79. The van der Waals surface area contributed by atoms with Crippen molar-refractivity contribution in [2.75, 3.05) is 11.1 Å². The van der Waals surface area contributed by atoms with Gasteiger partial charge < -0.3 is 10.3 Å². The van der Waals surface area contributed by atoms with Gasteiger partial charge in [-0.2, -0.15) is 0 Å². The van der Waals surface area contributed by atoms with E-state index < -0.39 is 9.84 Å². The molecule has 10 heteroatoms. The summed E-state index contributed by atoms with van der Waals surface area (Å²) in [7, 11) is -3.24. The number of hydrogen-bond acceptors (Lipinski definition) is 6. The van der Waals surface area contributed by atoms with E-state index in [1.54, 1.807) is 6.33 Å². The number of aryl methyl sites for hydroxylation is 1. The van der Waals surface area contributed by atoms with E-state index in [1.807, 2.05) is 47.0 Å². The molecule has 0 amide bonds. The number of aromatic nitrogens is 6. The number of benzene rings is 1. The van der Waals surface area contributed by atoms with Gasteiger partial charge in [-0.15, -0.1) is 5.10 Å². The Morgan fingerprint density at radius 2 is 2.00 bits per heavy atom. The van der Waals surface area contributed by atoms with Crippen molar-refractivity contribution in [1.82, 2.24) is 25.1 Å². The second-order valence-electron chi connectivity index (χ2n) is 9.39. The van der Waals surface area contributed by atoms with Crippen LogP contribution in [0.5, 0.6) is 0 Å². The summed E-state index contributed by atoms with van der Waals surface area (Å²) in [6.07, 6.45) is 6.68. The zero-order valence-electron chi connectivity index (χ0n) is 19.5. The Morgan fingerprint density at radius 3 is 2.86 bits per heavy atom. The summed E-state index contributed by atoms with van der Waals surface area (Å²) >= 11 is 0. The molecule has 0 spiro atoms. The van der Waals surface area contributed by atoms with Crippen molar-refractivity contribution in [2.24, 2.45) is 5.92 Å². The molecule has 35 heavy (non-hydrogen) atoms. The van der Waals surface area contributed by atoms with E-state index in [4.69, 9.17) is 0 Å². The van der Waals surface area contributed by atoms with Crippen molar-refractivity contribution in [2.45, 2.75) is 37.6 Å². The van der Waals surface area contributed by atoms with Crippen LogP contribution in [0.4, 0.5) is 5.82 Å². The Balaban J connectivity index is 1.38. The lowest BCUT2D eigenvalue weighted by Gasteiger charge is -2.26. The van der Waals surface area contributed by atoms with Crippen molar-refractivity contribution >= 4 is 32.3 Å². The third-order valence-electron chi connectivity index (χ3n) is 6.69. The Morgan fingerprint density at radius 1 is 1.11 bits per heavy atom. The highest BCUT2D eigenvalue weighted by molar-refractivity contribution is 7.91. The molecule has 1 aliphatic heterocycles. The first-order valence-electron chi connectivity index (χ1n) is 11.7. The van der Waals surface area contributed by atoms with E-state index >= 15 is 0 Å². The van der Waals surface area contributed by atoms with Gasteiger partial charge in [-0.3, -0.25) is 0 Å². The number of rotatable bonds is 5. The van der Waals surface area contributed by atoms with Crippen molar-refractivity contribution in [1.29, 1.82) is 0 Å². The zero-order chi connectivity index (χ0) is 24.2. The van der Waals surface area contributed by atoms with Gasteiger partial charge in [-0.1, -0.05) is 26.0 Å². The molecule has 1 aliphatic rings. The number of pyridine rings is 1. The molecule has 4 aromatic heterocycles. The molecule has 5 heterocycles. The molecule has 1 aromatic carbocycles. The third kappa shape index (κ3) is 3.83. The van der Waals surface area contributed by atoms with Crippen LogP contribution in [0.15, 0.2) is 60.1 Å². The molecule has 9 nitrogen and oxygen atoms in total. The summed E-state index contributed by atoms with van der Waals surface area (Å²) in [5.41, 5.74) is 5.38. The molecular weight excluding hydrogens is 462 g/mol. The molecule has 178 valence electrons. The first kappa shape index (κ1) is 21.7. The SMILES string of the molecule is CC(C)[C@H](Nc1ncnc2[nH]c(-c3cc[n+]4cn[nH]c4c3)cc12)c1ccc2c(c1)S(=O)(=O)CCC2. The first-order chi connectivity index (χ1) is 16.9. The molecule has 0 bridgehead atoms. The number of H-pyrrole nitrogens is 2. The average Bonchev–Trinajstić information content (AvgIpc) is 3.49. The highest BCUT2D eigenvalue weighted by Gasteiger charge is 2.26. The smallest absolute Gasteiger partial charge is 0.269 e. The van der Waals surface area contributed by atoms with Gasteiger partial charge in [-0.25, -0.2) is 22.8 Å². The second-order valence-corrected chi connectivity index (χ2v) is 11.5. The number of fused-ring (bicyclic) bond motifs is 3. The van der Waals surface area contributed by atoms with Crippen LogP contribution in [0.2, 0.25) is 0 Å². The molecule has 0 radical (unpaired) electrons. The van der Waals surface area contributed by atoms with Crippen LogP contribution in [0.25, 0.3) is 27.9 Å². The van der Waals surface area contributed by atoms with Crippen LogP contribution in [-0.2, 0) is 16.3 Å². The highest BCUT2D eigenvalue weighted by atomic mass is 32.2. The van der Waals surface area contributed by atoms with E-state index in [9.17, 15) is 8.42 Å². The zero-order valence-corrected chi connectivity index (χ0v) is 20.3. The minimum Gasteiger partial charge on any atom is -0.362 e. The van der Waals surface area contributed by atoms with Crippen molar-refractivity contribution in [3.8, 4) is 11.3 Å². The van der Waals surface area contributed by atoms with Gasteiger partial charge in [0.2, 0.25) is 0 Å². The number of nitrogens with zero attached hydrogens (tertiary/aromatic N) is 4. The van der Waals surface area contributed by atoms with Gasteiger partial charge in [0, 0.05) is 22.4 Å². The van der Waals surface area contributed by atoms with E-state index in [0.29, 0.717) is 17.1 Å². The predicted octanol–water partition coefficient (Wildman–Crippen LogP) is 3.62. The van der Waals surface area contributed by atoms with Crippen LogP contribution in [-0.4, -0.2) is 39.3 Å². The van der Waals surface area contributed by atoms with Gasteiger partial charge in [0.1, 0.15) is 17.8 Å². The fourth-order valence-electron chi connectivity index (χ4n) is 4.84. The summed E-state index contributed by atoms with van der Waals surface area (Å²) in [6.45, 7) is 4.23. The molecular formula is C25H26N7O2S+. The maximum atomic E-state index is 12.7. The van der Waals surface area contributed by atoms with E-state index in [1.165, 1.54) is 6.33 Å². The van der Waals surface area contributed by atoms with E-state index in [2.05, 4.69) is 44.3 Å². The largest absolute Gasteiger partial charge is 0.362 e. The van der Waals surface area contributed by atoms with Gasteiger partial charge in [0.05, 0.1) is 28.3 Å². The van der Waals surface area contributed by atoms with Crippen LogP contribution in [0, 0.1) is 5.92 Å². The number of aromatic amines is 2. The summed E-state index contributed by atoms with van der Waals surface area (Å²) in [4.78, 5) is 12.8. The predicted molar refractivity (Wildman–Crippen MR) is 133 cm³/mol. The fourth-order valence-corrected chi connectivity index (χ4v) is 6.47. The van der Waals surface area contributed by atoms with Crippen molar-refractivity contribution < 1.29 is 12.8 Å². The lowest BCUT2D eigenvalue weighted by molar-refractivity contribution is -0.511. The minimum atomic E-state index is -3.24. The summed E-state index contributed by atoms with van der Waals surface area (Å²) < 4.78 is 27.3. The fraction of sp³-hybridized carbons (Fsp3) is 0.280. The highest BCUT2D eigenvalue weighted by Crippen LogP contribution is 2.34. The Bertz CT molecular complexity index is 1670. The van der Waals surface area contributed by atoms with Gasteiger partial charge >= 0.3 is 0 Å². The van der Waals surface area contributed by atoms with Gasteiger partial charge in [0.25, 0.3) is 12.0 Å². The minimum absolute atomic E-state index is 0.119. The second kappa shape index (κ2) is 8.16. The molecule has 0 fully saturated rings. The Labute approximate surface area is 202 Å². The van der Waals surface area contributed by atoms with Crippen LogP contribution < -0.4 is 9.72 Å². The molecule has 0 unspecified atom stereocenters. The Kier molecular flexibility index (Phi) is 5.06. The lowest BCUT2D eigenvalue weighted by atomic mass is 9.94. The molecule has 5 aromatic rings. The molecule has 1 atom stereocenters. The summed E-state index contributed by atoms with van der Waals surface area (Å²) in [5.74, 6) is 1.11. The molecule has 0 saturated heterocycles. The number of sulfone groups is 1. The number of nitrogens with one attached hydrogen (secondary N) is 3. The standard InChI is InChI=1S/C25H25N7O2S/c1-15(2)23(18-6-5-16-4-3-9-35(33,34)21(16)10-18)30-25-19-12-20(29-24(19)26-13-27-25)17-7-8-32-14-28-31-22(32)11-17/h5-8,10-15,23H,3-4,9H2,1-2H3,(H2,26,27,29,30,31)/p+1/t23-/m0/s1. The maximum absolute atomic E-state index is 12.7. The van der Waals surface area contributed by atoms with Crippen LogP contribution in [0.1, 0.15) is 37.4 Å². The number of hydrogen-bond donors (Lipinski definition) is 3. The quantitative estimate of drug-likeness (QED) is 0.325. The van der Waals surface area contributed by atoms with Crippen LogP contribution in [0.3, 0.4) is 0 Å².